The van der Waals surface area contributed by atoms with Crippen molar-refractivity contribution in [2.75, 3.05) is 16.6 Å². The van der Waals surface area contributed by atoms with Gasteiger partial charge >= 0.3 is 18.3 Å². The summed E-state index contributed by atoms with van der Waals surface area (Å²) < 4.78 is 107. The maximum Gasteiger partial charge on any atom is 0.416 e. The molecule has 0 bridgehead atoms. The Morgan fingerprint density at radius 3 is 1.81 bits per heavy atom. The molecule has 0 aliphatic carbocycles. The lowest BCUT2D eigenvalue weighted by molar-refractivity contribution is -0.145. The number of carbonyl (C=O) groups excluding carboxylic acids is 1. The maximum atomic E-state index is 13.0. The van der Waals surface area contributed by atoms with Crippen LogP contribution in [-0.2, 0) is 31.9 Å². The number of ether oxygens (including phenoxy) is 1. The van der Waals surface area contributed by atoms with E-state index in [1.165, 1.54) is 13.8 Å². The van der Waals surface area contributed by atoms with Gasteiger partial charge in [0.25, 0.3) is 0 Å². The van der Waals surface area contributed by atoms with Gasteiger partial charge in [0.2, 0.25) is 10.0 Å². The van der Waals surface area contributed by atoms with Crippen LogP contribution in [0, 0.1) is 0 Å². The summed E-state index contributed by atoms with van der Waals surface area (Å²) in [5, 5.41) is 0. The number of hydrogen-bond acceptors (Lipinski definition) is 4. The van der Waals surface area contributed by atoms with Gasteiger partial charge in [-0.1, -0.05) is 0 Å². The molecule has 0 unspecified atom stereocenters. The molecule has 12 heteroatoms. The molecule has 1 aromatic rings. The standard InChI is InChI=1S/C15H17F6NO4S/c1-4-27(24,25)22(8-13(23)26-9(2)3)12-6-10(14(16,17)18)5-11(7-12)15(19,20)21/h5-7,9H,4,8H2,1-3H3. The number of anilines is 1. The van der Waals surface area contributed by atoms with Gasteiger partial charge in [-0.05, 0) is 39.0 Å². The highest BCUT2D eigenvalue weighted by Crippen LogP contribution is 2.38. The summed E-state index contributed by atoms with van der Waals surface area (Å²) in [6.45, 7) is 2.96. The van der Waals surface area contributed by atoms with Gasteiger partial charge in [-0.15, -0.1) is 0 Å². The van der Waals surface area contributed by atoms with Crippen molar-refractivity contribution in [3.05, 3.63) is 29.3 Å². The van der Waals surface area contributed by atoms with E-state index in [1.54, 1.807) is 0 Å². The summed E-state index contributed by atoms with van der Waals surface area (Å²) >= 11 is 0. The Hall–Kier alpha value is -1.98. The van der Waals surface area contributed by atoms with Gasteiger partial charge in [-0.3, -0.25) is 9.10 Å². The highest BCUT2D eigenvalue weighted by atomic mass is 32.2. The minimum atomic E-state index is -5.16. The van der Waals surface area contributed by atoms with E-state index in [9.17, 15) is 39.6 Å². The van der Waals surface area contributed by atoms with E-state index in [1.807, 2.05) is 0 Å². The number of esters is 1. The molecular weight excluding hydrogens is 404 g/mol. The van der Waals surface area contributed by atoms with Crippen molar-refractivity contribution in [3.63, 3.8) is 0 Å². The molecule has 154 valence electrons. The topological polar surface area (TPSA) is 63.7 Å². The third-order valence-corrected chi connectivity index (χ3v) is 4.94. The third-order valence-electron chi connectivity index (χ3n) is 3.20. The Labute approximate surface area is 152 Å². The van der Waals surface area contributed by atoms with Crippen molar-refractivity contribution >= 4 is 21.7 Å². The van der Waals surface area contributed by atoms with Gasteiger partial charge in [0.05, 0.1) is 28.7 Å². The molecule has 5 nitrogen and oxygen atoms in total. The average molecular weight is 421 g/mol. The molecule has 0 aliphatic heterocycles. The molecule has 0 atom stereocenters. The van der Waals surface area contributed by atoms with E-state index in [0.29, 0.717) is 0 Å². The predicted molar refractivity (Wildman–Crippen MR) is 84.5 cm³/mol. The molecule has 0 aromatic heterocycles. The maximum absolute atomic E-state index is 13.0. The molecule has 0 amide bonds. The Kier molecular flexibility index (Phi) is 6.79. The molecule has 27 heavy (non-hydrogen) atoms. The normalized spacial score (nSPS) is 13.0. The van der Waals surface area contributed by atoms with Gasteiger partial charge < -0.3 is 4.74 Å². The van der Waals surface area contributed by atoms with Crippen molar-refractivity contribution < 1.29 is 44.3 Å². The zero-order valence-electron chi connectivity index (χ0n) is 14.5. The third kappa shape index (κ3) is 6.29. The van der Waals surface area contributed by atoms with Gasteiger partial charge in [-0.25, -0.2) is 8.42 Å². The quantitative estimate of drug-likeness (QED) is 0.517. The van der Waals surface area contributed by atoms with Crippen LogP contribution in [-0.4, -0.2) is 32.8 Å². The summed E-state index contributed by atoms with van der Waals surface area (Å²) in [5.74, 6) is -1.77. The number of hydrogen-bond donors (Lipinski definition) is 0. The second kappa shape index (κ2) is 7.95. The molecule has 0 heterocycles. The first-order valence-electron chi connectivity index (χ1n) is 7.57. The lowest BCUT2D eigenvalue weighted by atomic mass is 10.1. The zero-order valence-corrected chi connectivity index (χ0v) is 15.3. The van der Waals surface area contributed by atoms with Crippen molar-refractivity contribution in [1.82, 2.24) is 0 Å². The van der Waals surface area contributed by atoms with E-state index >= 15 is 0 Å². The fourth-order valence-corrected chi connectivity index (χ4v) is 3.05. The van der Waals surface area contributed by atoms with Gasteiger partial charge in [0.15, 0.2) is 0 Å². The molecule has 0 N–H and O–H groups in total. The molecular formula is C15H17F6NO4S. The summed E-state index contributed by atoms with van der Waals surface area (Å²) in [6, 6.07) is 0.350. The minimum Gasteiger partial charge on any atom is -0.462 e. The van der Waals surface area contributed by atoms with Gasteiger partial charge in [-0.2, -0.15) is 26.3 Å². The van der Waals surface area contributed by atoms with Crippen LogP contribution in [0.1, 0.15) is 31.9 Å². The largest absolute Gasteiger partial charge is 0.462 e. The van der Waals surface area contributed by atoms with Crippen molar-refractivity contribution in [2.45, 2.75) is 39.2 Å². The number of halogens is 6. The van der Waals surface area contributed by atoms with Crippen molar-refractivity contribution in [1.29, 1.82) is 0 Å². The number of benzene rings is 1. The first kappa shape index (κ1) is 23.1. The summed E-state index contributed by atoms with van der Waals surface area (Å²) in [5.41, 5.74) is -4.32. The van der Waals surface area contributed by atoms with Crippen LogP contribution >= 0.6 is 0 Å². The molecule has 0 aliphatic rings. The van der Waals surface area contributed by atoms with Gasteiger partial charge in [0, 0.05) is 0 Å². The van der Waals surface area contributed by atoms with Crippen LogP contribution < -0.4 is 4.31 Å². The zero-order chi connectivity index (χ0) is 21.2. The fraction of sp³-hybridized carbons (Fsp3) is 0.533. The van der Waals surface area contributed by atoms with E-state index in [4.69, 9.17) is 4.74 Å². The first-order valence-corrected chi connectivity index (χ1v) is 9.18. The number of alkyl halides is 6. The van der Waals surface area contributed by atoms with Crippen LogP contribution in [0.4, 0.5) is 32.0 Å². The lowest BCUT2D eigenvalue weighted by Gasteiger charge is -2.25. The van der Waals surface area contributed by atoms with Gasteiger partial charge in [0.1, 0.15) is 6.54 Å². The van der Waals surface area contributed by atoms with Crippen molar-refractivity contribution in [3.8, 4) is 0 Å². The summed E-state index contributed by atoms with van der Waals surface area (Å²) in [7, 11) is -4.37. The highest BCUT2D eigenvalue weighted by Gasteiger charge is 2.38. The Balaban J connectivity index is 3.58. The molecule has 0 fully saturated rings. The minimum absolute atomic E-state index is 0.132. The molecule has 0 saturated heterocycles. The lowest BCUT2D eigenvalue weighted by Crippen LogP contribution is -2.38. The van der Waals surface area contributed by atoms with E-state index in [-0.39, 0.29) is 22.5 Å². The van der Waals surface area contributed by atoms with Crippen LogP contribution in [0.3, 0.4) is 0 Å². The molecule has 0 spiro atoms. The van der Waals surface area contributed by atoms with Crippen LogP contribution in [0.15, 0.2) is 18.2 Å². The highest BCUT2D eigenvalue weighted by molar-refractivity contribution is 7.92. The Bertz CT molecular complexity index is 754. The first-order chi connectivity index (χ1) is 12.1. The Morgan fingerprint density at radius 2 is 1.48 bits per heavy atom. The number of carbonyl (C=O) groups is 1. The average Bonchev–Trinajstić information content (AvgIpc) is 2.49. The molecule has 0 radical (unpaired) electrons. The molecule has 1 rings (SSSR count). The van der Waals surface area contributed by atoms with Crippen LogP contribution in [0.5, 0.6) is 0 Å². The fourth-order valence-electron chi connectivity index (χ4n) is 2.01. The second-order valence-corrected chi connectivity index (χ2v) is 7.89. The molecule has 1 aromatic carbocycles. The van der Waals surface area contributed by atoms with E-state index < -0.39 is 63.6 Å². The smallest absolute Gasteiger partial charge is 0.416 e. The Morgan fingerprint density at radius 1 is 1.04 bits per heavy atom. The van der Waals surface area contributed by atoms with Crippen LogP contribution in [0.2, 0.25) is 0 Å². The predicted octanol–water partition coefficient (Wildman–Crippen LogP) is 3.83. The van der Waals surface area contributed by atoms with E-state index in [2.05, 4.69) is 0 Å². The number of rotatable bonds is 6. The summed E-state index contributed by atoms with van der Waals surface area (Å²) in [4.78, 5) is 11.8. The summed E-state index contributed by atoms with van der Waals surface area (Å²) in [6.07, 6.45) is -11.0. The monoisotopic (exact) mass is 421 g/mol. The SMILES string of the molecule is CCS(=O)(=O)N(CC(=O)OC(C)C)c1cc(C(F)(F)F)cc(C(F)(F)F)c1. The number of nitrogens with zero attached hydrogens (tertiary/aromatic N) is 1. The second-order valence-electron chi connectivity index (χ2n) is 5.71. The van der Waals surface area contributed by atoms with Crippen LogP contribution in [0.25, 0.3) is 0 Å². The molecule has 0 saturated carbocycles. The van der Waals surface area contributed by atoms with Crippen molar-refractivity contribution in [2.24, 2.45) is 0 Å². The van der Waals surface area contributed by atoms with E-state index in [0.717, 1.165) is 6.92 Å². The number of sulfonamides is 1.